The highest BCUT2D eigenvalue weighted by Crippen LogP contribution is 2.30. The fraction of sp³-hybridized carbons (Fsp3) is 0.143. The predicted molar refractivity (Wildman–Crippen MR) is 79.0 cm³/mol. The maximum Gasteiger partial charge on any atom is 0.303 e. The lowest BCUT2D eigenvalue weighted by Crippen LogP contribution is -2.08. The van der Waals surface area contributed by atoms with Crippen molar-refractivity contribution in [2.45, 2.75) is 12.8 Å². The van der Waals surface area contributed by atoms with Crippen LogP contribution in [0.15, 0.2) is 29.2 Å². The van der Waals surface area contributed by atoms with E-state index < -0.39 is 16.5 Å². The second kappa shape index (κ2) is 4.99. The first-order chi connectivity index (χ1) is 10.5. The van der Waals surface area contributed by atoms with Gasteiger partial charge in [-0.3, -0.25) is 19.7 Å². The maximum absolute atomic E-state index is 12.1. The molecule has 0 fully saturated rings. The van der Waals surface area contributed by atoms with Crippen molar-refractivity contribution < 1.29 is 14.8 Å². The summed E-state index contributed by atoms with van der Waals surface area (Å²) in [4.78, 5) is 38.7. The number of aromatic amines is 2. The van der Waals surface area contributed by atoms with Crippen molar-refractivity contribution in [3.8, 4) is 0 Å². The summed E-state index contributed by atoms with van der Waals surface area (Å²) in [6.07, 6.45) is 1.72. The van der Waals surface area contributed by atoms with Crippen molar-refractivity contribution in [3.05, 3.63) is 50.4 Å². The number of aliphatic carboxylic acids is 1. The van der Waals surface area contributed by atoms with E-state index in [1.165, 1.54) is 12.1 Å². The third kappa shape index (κ3) is 2.10. The molecule has 0 bridgehead atoms. The number of carbonyl (C=O) groups is 1. The zero-order chi connectivity index (χ0) is 15.9. The van der Waals surface area contributed by atoms with Crippen LogP contribution in [0.4, 0.5) is 5.69 Å². The minimum Gasteiger partial charge on any atom is -0.481 e. The predicted octanol–water partition coefficient (Wildman–Crippen LogP) is 1.93. The summed E-state index contributed by atoms with van der Waals surface area (Å²) in [5.41, 5.74) is 0.406. The van der Waals surface area contributed by atoms with Crippen molar-refractivity contribution in [1.82, 2.24) is 9.97 Å². The van der Waals surface area contributed by atoms with E-state index in [1.807, 2.05) is 0 Å². The molecule has 0 amide bonds. The van der Waals surface area contributed by atoms with Gasteiger partial charge in [-0.1, -0.05) is 12.1 Å². The number of hydrogen-bond acceptors (Lipinski definition) is 4. The Hall–Kier alpha value is -3.16. The standard InChI is InChI=1S/C14H11N3O5/c18-10(19)5-4-7-6-15-13-11(7)8-2-1-3-9(17(21)22)12(8)16-14(13)20/h1-3,6,15H,4-5H2,(H,16,20)(H,18,19). The SMILES string of the molecule is O=C(O)CCc1c[nH]c2c(=O)[nH]c3c([N+](=O)[O-])cccc3c12. The van der Waals surface area contributed by atoms with Crippen LogP contribution < -0.4 is 5.56 Å². The largest absolute Gasteiger partial charge is 0.481 e. The maximum atomic E-state index is 12.1. The Morgan fingerprint density at radius 1 is 1.32 bits per heavy atom. The summed E-state index contributed by atoms with van der Waals surface area (Å²) in [5, 5.41) is 21.0. The molecule has 22 heavy (non-hydrogen) atoms. The first kappa shape index (κ1) is 13.8. The number of hydrogen-bond donors (Lipinski definition) is 3. The number of aryl methyl sites for hydroxylation is 1. The van der Waals surface area contributed by atoms with Gasteiger partial charge in [-0.25, -0.2) is 0 Å². The average molecular weight is 301 g/mol. The van der Waals surface area contributed by atoms with Crippen LogP contribution in [0.5, 0.6) is 0 Å². The van der Waals surface area contributed by atoms with E-state index in [0.29, 0.717) is 16.3 Å². The first-order valence-electron chi connectivity index (χ1n) is 6.50. The molecule has 0 aliphatic rings. The van der Waals surface area contributed by atoms with Gasteiger partial charge in [0.15, 0.2) is 0 Å². The molecule has 112 valence electrons. The van der Waals surface area contributed by atoms with Crippen molar-refractivity contribution in [3.63, 3.8) is 0 Å². The van der Waals surface area contributed by atoms with Crippen molar-refractivity contribution in [1.29, 1.82) is 0 Å². The van der Waals surface area contributed by atoms with Gasteiger partial charge in [0, 0.05) is 29.5 Å². The third-order valence-corrected chi connectivity index (χ3v) is 3.54. The second-order valence-corrected chi connectivity index (χ2v) is 4.87. The number of nitro groups is 1. The number of nitrogens with zero attached hydrogens (tertiary/aromatic N) is 1. The molecule has 2 aromatic heterocycles. The van der Waals surface area contributed by atoms with Crippen molar-refractivity contribution >= 4 is 33.5 Å². The Morgan fingerprint density at radius 3 is 2.77 bits per heavy atom. The van der Waals surface area contributed by atoms with Crippen LogP contribution in [0, 0.1) is 10.1 Å². The van der Waals surface area contributed by atoms with Crippen LogP contribution in [0.2, 0.25) is 0 Å². The van der Waals surface area contributed by atoms with E-state index in [2.05, 4.69) is 9.97 Å². The van der Waals surface area contributed by atoms with Gasteiger partial charge in [-0.05, 0) is 12.0 Å². The van der Waals surface area contributed by atoms with Crippen molar-refractivity contribution in [2.24, 2.45) is 0 Å². The number of nitrogens with one attached hydrogen (secondary N) is 2. The topological polar surface area (TPSA) is 129 Å². The van der Waals surface area contributed by atoms with Crippen molar-refractivity contribution in [2.75, 3.05) is 0 Å². The molecule has 2 heterocycles. The van der Waals surface area contributed by atoms with E-state index in [1.54, 1.807) is 12.3 Å². The van der Waals surface area contributed by atoms with Gasteiger partial charge in [0.1, 0.15) is 11.0 Å². The number of H-pyrrole nitrogens is 2. The lowest BCUT2D eigenvalue weighted by atomic mass is 10.0. The first-order valence-corrected chi connectivity index (χ1v) is 6.50. The summed E-state index contributed by atoms with van der Waals surface area (Å²) in [7, 11) is 0. The zero-order valence-corrected chi connectivity index (χ0v) is 11.3. The van der Waals surface area contributed by atoms with Crippen LogP contribution in [-0.2, 0) is 11.2 Å². The smallest absolute Gasteiger partial charge is 0.303 e. The number of nitro benzene ring substituents is 1. The molecule has 0 saturated carbocycles. The number of fused-ring (bicyclic) bond motifs is 3. The third-order valence-electron chi connectivity index (χ3n) is 3.54. The fourth-order valence-corrected chi connectivity index (χ4v) is 2.60. The summed E-state index contributed by atoms with van der Waals surface area (Å²) >= 11 is 0. The van der Waals surface area contributed by atoms with E-state index in [-0.39, 0.29) is 29.6 Å². The number of benzene rings is 1. The van der Waals surface area contributed by atoms with Gasteiger partial charge in [0.2, 0.25) is 0 Å². The molecule has 0 saturated heterocycles. The molecule has 3 N–H and O–H groups in total. The molecule has 3 aromatic rings. The van der Waals surface area contributed by atoms with Crippen LogP contribution >= 0.6 is 0 Å². The average Bonchev–Trinajstić information content (AvgIpc) is 2.89. The molecule has 0 atom stereocenters. The Balaban J connectivity index is 2.36. The van der Waals surface area contributed by atoms with E-state index in [0.717, 1.165) is 0 Å². The molecular formula is C14H11N3O5. The number of rotatable bonds is 4. The Bertz CT molecular complexity index is 970. The highest BCUT2D eigenvalue weighted by Gasteiger charge is 2.18. The van der Waals surface area contributed by atoms with Gasteiger partial charge in [0.25, 0.3) is 11.2 Å². The molecule has 8 nitrogen and oxygen atoms in total. The van der Waals surface area contributed by atoms with Crippen LogP contribution in [0.3, 0.4) is 0 Å². The van der Waals surface area contributed by atoms with Gasteiger partial charge >= 0.3 is 5.97 Å². The molecule has 0 spiro atoms. The van der Waals surface area contributed by atoms with E-state index in [9.17, 15) is 19.7 Å². The van der Waals surface area contributed by atoms with Gasteiger partial charge in [-0.15, -0.1) is 0 Å². The Kier molecular flexibility index (Phi) is 3.13. The monoisotopic (exact) mass is 301 g/mol. The second-order valence-electron chi connectivity index (χ2n) is 4.87. The molecular weight excluding hydrogens is 290 g/mol. The van der Waals surface area contributed by atoms with Crippen LogP contribution in [0.25, 0.3) is 21.8 Å². The van der Waals surface area contributed by atoms with Gasteiger partial charge in [-0.2, -0.15) is 0 Å². The van der Waals surface area contributed by atoms with E-state index >= 15 is 0 Å². The molecule has 0 radical (unpaired) electrons. The molecule has 1 aromatic carbocycles. The summed E-state index contributed by atoms with van der Waals surface area (Å²) in [5.74, 6) is -0.950. The number of carboxylic acids is 1. The van der Waals surface area contributed by atoms with E-state index in [4.69, 9.17) is 5.11 Å². The van der Waals surface area contributed by atoms with Gasteiger partial charge < -0.3 is 15.1 Å². The number of non-ortho nitro benzene ring substituents is 1. The molecule has 0 unspecified atom stereocenters. The molecule has 3 rings (SSSR count). The quantitative estimate of drug-likeness (QED) is 0.501. The lowest BCUT2D eigenvalue weighted by molar-refractivity contribution is -0.383. The Morgan fingerprint density at radius 2 is 2.09 bits per heavy atom. The lowest BCUT2D eigenvalue weighted by Gasteiger charge is -2.03. The molecule has 0 aliphatic heterocycles. The Labute approximate surface area is 122 Å². The zero-order valence-electron chi connectivity index (χ0n) is 11.3. The summed E-state index contributed by atoms with van der Waals surface area (Å²) in [6.45, 7) is 0. The highest BCUT2D eigenvalue weighted by atomic mass is 16.6. The fourth-order valence-electron chi connectivity index (χ4n) is 2.60. The number of pyridine rings is 1. The number of aromatic nitrogens is 2. The number of carboxylic acid groups (broad SMARTS) is 1. The molecule has 8 heteroatoms. The highest BCUT2D eigenvalue weighted by molar-refractivity contribution is 6.08. The minimum atomic E-state index is -0.950. The van der Waals surface area contributed by atoms with Gasteiger partial charge in [0.05, 0.1) is 4.92 Å². The number of para-hydroxylation sites is 1. The summed E-state index contributed by atoms with van der Waals surface area (Å²) < 4.78 is 0. The normalized spacial score (nSPS) is 11.1. The summed E-state index contributed by atoms with van der Waals surface area (Å²) in [6, 6.07) is 4.51. The van der Waals surface area contributed by atoms with Crippen LogP contribution in [-0.4, -0.2) is 26.0 Å². The molecule has 0 aliphatic carbocycles. The van der Waals surface area contributed by atoms with Crippen LogP contribution in [0.1, 0.15) is 12.0 Å². The minimum absolute atomic E-state index is 0.0871.